The van der Waals surface area contributed by atoms with Gasteiger partial charge in [-0.05, 0) is 38.6 Å². The molecule has 0 spiro atoms. The van der Waals surface area contributed by atoms with Crippen LogP contribution < -0.4 is 10.6 Å². The molecule has 0 aliphatic rings. The van der Waals surface area contributed by atoms with Gasteiger partial charge in [-0.25, -0.2) is 0 Å². The molecule has 1 heterocycles. The molecule has 1 aromatic heterocycles. The predicted molar refractivity (Wildman–Crippen MR) is 75.2 cm³/mol. The quantitative estimate of drug-likeness (QED) is 0.787. The molecule has 2 aromatic rings. The van der Waals surface area contributed by atoms with E-state index in [9.17, 15) is 4.79 Å². The van der Waals surface area contributed by atoms with Crippen LogP contribution >= 0.6 is 0 Å². The van der Waals surface area contributed by atoms with E-state index in [-0.39, 0.29) is 5.91 Å². The van der Waals surface area contributed by atoms with Crippen molar-refractivity contribution in [1.29, 1.82) is 0 Å². The van der Waals surface area contributed by atoms with Crippen molar-refractivity contribution in [3.05, 3.63) is 47.3 Å². The molecule has 1 aromatic carbocycles. The van der Waals surface area contributed by atoms with Crippen molar-refractivity contribution in [2.75, 3.05) is 12.4 Å². The zero-order valence-corrected chi connectivity index (χ0v) is 11.3. The number of nitrogens with one attached hydrogen (secondary N) is 3. The highest BCUT2D eigenvalue weighted by Gasteiger charge is 2.11. The van der Waals surface area contributed by atoms with Crippen LogP contribution in [0.5, 0.6) is 0 Å². The number of hydrogen-bond acceptors (Lipinski definition) is 3. The van der Waals surface area contributed by atoms with Crippen LogP contribution in [-0.2, 0) is 0 Å². The van der Waals surface area contributed by atoms with E-state index >= 15 is 0 Å². The third-order valence-electron chi connectivity index (χ3n) is 3.18. The minimum absolute atomic E-state index is 0.152. The average molecular weight is 258 g/mol. The number of carbonyl (C=O) groups is 1. The van der Waals surface area contributed by atoms with E-state index in [0.717, 1.165) is 11.4 Å². The van der Waals surface area contributed by atoms with E-state index in [1.165, 1.54) is 11.8 Å². The molecule has 5 heteroatoms. The number of aryl methyl sites for hydroxylation is 1. The highest BCUT2D eigenvalue weighted by molar-refractivity contribution is 6.04. The van der Waals surface area contributed by atoms with E-state index in [4.69, 9.17) is 0 Å². The molecule has 1 unspecified atom stereocenters. The van der Waals surface area contributed by atoms with Crippen LogP contribution in [0.15, 0.2) is 30.5 Å². The SMILES string of the molecule is CNC(C)c1ccc(NC(=O)c2cn[nH]c2C)cc1. The topological polar surface area (TPSA) is 69.8 Å². The summed E-state index contributed by atoms with van der Waals surface area (Å²) in [7, 11) is 1.92. The van der Waals surface area contributed by atoms with Crippen molar-refractivity contribution in [1.82, 2.24) is 15.5 Å². The fourth-order valence-corrected chi connectivity index (χ4v) is 1.80. The fourth-order valence-electron chi connectivity index (χ4n) is 1.80. The molecule has 0 fully saturated rings. The molecule has 19 heavy (non-hydrogen) atoms. The zero-order valence-electron chi connectivity index (χ0n) is 11.3. The number of aromatic nitrogens is 2. The molecule has 1 amide bonds. The number of aromatic amines is 1. The van der Waals surface area contributed by atoms with Crippen LogP contribution in [0.1, 0.15) is 34.6 Å². The van der Waals surface area contributed by atoms with Gasteiger partial charge in [0.25, 0.3) is 5.91 Å². The van der Waals surface area contributed by atoms with Crippen molar-refractivity contribution in [3.8, 4) is 0 Å². The summed E-state index contributed by atoms with van der Waals surface area (Å²) in [5.74, 6) is -0.152. The molecule has 5 nitrogen and oxygen atoms in total. The normalized spacial score (nSPS) is 12.2. The Labute approximate surface area is 112 Å². The van der Waals surface area contributed by atoms with Gasteiger partial charge in [0.2, 0.25) is 0 Å². The summed E-state index contributed by atoms with van der Waals surface area (Å²) in [5.41, 5.74) is 3.28. The molecule has 0 aliphatic heterocycles. The Kier molecular flexibility index (Phi) is 3.97. The van der Waals surface area contributed by atoms with Gasteiger partial charge in [0.1, 0.15) is 0 Å². The van der Waals surface area contributed by atoms with Gasteiger partial charge in [-0.15, -0.1) is 0 Å². The third-order valence-corrected chi connectivity index (χ3v) is 3.18. The first-order chi connectivity index (χ1) is 9.11. The van der Waals surface area contributed by atoms with Gasteiger partial charge in [-0.2, -0.15) is 5.10 Å². The van der Waals surface area contributed by atoms with E-state index in [2.05, 4.69) is 27.8 Å². The zero-order chi connectivity index (χ0) is 13.8. The van der Waals surface area contributed by atoms with Gasteiger partial charge >= 0.3 is 0 Å². The van der Waals surface area contributed by atoms with Gasteiger partial charge in [-0.3, -0.25) is 9.89 Å². The lowest BCUT2D eigenvalue weighted by atomic mass is 10.1. The van der Waals surface area contributed by atoms with Gasteiger partial charge in [0.05, 0.1) is 11.8 Å². The van der Waals surface area contributed by atoms with E-state index in [1.807, 2.05) is 38.2 Å². The first kappa shape index (κ1) is 13.3. The first-order valence-corrected chi connectivity index (χ1v) is 6.20. The Morgan fingerprint density at radius 2 is 2.00 bits per heavy atom. The number of carbonyl (C=O) groups excluding carboxylic acids is 1. The molecule has 0 bridgehead atoms. The van der Waals surface area contributed by atoms with Crippen molar-refractivity contribution in [3.63, 3.8) is 0 Å². The number of hydrogen-bond donors (Lipinski definition) is 3. The lowest BCUT2D eigenvalue weighted by molar-refractivity contribution is 0.102. The number of H-pyrrole nitrogens is 1. The molecule has 0 radical (unpaired) electrons. The lowest BCUT2D eigenvalue weighted by Crippen LogP contribution is -2.14. The summed E-state index contributed by atoms with van der Waals surface area (Å²) in [6, 6.07) is 8.09. The van der Waals surface area contributed by atoms with Crippen molar-refractivity contribution in [2.45, 2.75) is 19.9 Å². The number of anilines is 1. The second-order valence-electron chi connectivity index (χ2n) is 4.50. The Bertz CT molecular complexity index is 559. The number of benzene rings is 1. The summed E-state index contributed by atoms with van der Waals surface area (Å²) in [5, 5.41) is 12.6. The summed E-state index contributed by atoms with van der Waals surface area (Å²) in [6.45, 7) is 3.90. The summed E-state index contributed by atoms with van der Waals surface area (Å²) in [4.78, 5) is 12.0. The molecule has 0 aliphatic carbocycles. The predicted octanol–water partition coefficient (Wildman–Crippen LogP) is 2.25. The van der Waals surface area contributed by atoms with E-state index in [0.29, 0.717) is 11.6 Å². The summed E-state index contributed by atoms with van der Waals surface area (Å²) < 4.78 is 0. The second-order valence-corrected chi connectivity index (χ2v) is 4.50. The minimum atomic E-state index is -0.152. The van der Waals surface area contributed by atoms with Gasteiger partial charge in [0, 0.05) is 17.4 Å². The molecule has 0 saturated carbocycles. The Morgan fingerprint density at radius 1 is 1.32 bits per heavy atom. The van der Waals surface area contributed by atoms with Crippen LogP contribution in [0.4, 0.5) is 5.69 Å². The highest BCUT2D eigenvalue weighted by atomic mass is 16.1. The number of rotatable bonds is 4. The smallest absolute Gasteiger partial charge is 0.259 e. The maximum atomic E-state index is 12.0. The van der Waals surface area contributed by atoms with Crippen molar-refractivity contribution < 1.29 is 4.79 Å². The molecule has 1 atom stereocenters. The van der Waals surface area contributed by atoms with Gasteiger partial charge in [-0.1, -0.05) is 12.1 Å². The summed E-state index contributed by atoms with van der Waals surface area (Å²) >= 11 is 0. The standard InChI is InChI=1S/C14H18N4O/c1-9(15-3)11-4-6-12(7-5-11)17-14(19)13-8-16-18-10(13)2/h4-9,15H,1-3H3,(H,16,18)(H,17,19). The number of nitrogens with zero attached hydrogens (tertiary/aromatic N) is 1. The average Bonchev–Trinajstić information content (AvgIpc) is 2.85. The van der Waals surface area contributed by atoms with Crippen LogP contribution in [0.25, 0.3) is 0 Å². The Morgan fingerprint density at radius 3 is 2.53 bits per heavy atom. The Hall–Kier alpha value is -2.14. The second kappa shape index (κ2) is 5.67. The third kappa shape index (κ3) is 3.00. The largest absolute Gasteiger partial charge is 0.322 e. The van der Waals surface area contributed by atoms with Gasteiger partial charge < -0.3 is 10.6 Å². The van der Waals surface area contributed by atoms with Crippen LogP contribution in [0, 0.1) is 6.92 Å². The van der Waals surface area contributed by atoms with Crippen molar-refractivity contribution in [2.24, 2.45) is 0 Å². The maximum Gasteiger partial charge on any atom is 0.259 e. The molecule has 0 saturated heterocycles. The minimum Gasteiger partial charge on any atom is -0.322 e. The number of amides is 1. The van der Waals surface area contributed by atoms with E-state index in [1.54, 1.807) is 0 Å². The molecule has 2 rings (SSSR count). The molecule has 100 valence electrons. The highest BCUT2D eigenvalue weighted by Crippen LogP contribution is 2.16. The monoisotopic (exact) mass is 258 g/mol. The first-order valence-electron chi connectivity index (χ1n) is 6.20. The summed E-state index contributed by atoms with van der Waals surface area (Å²) in [6.07, 6.45) is 1.53. The van der Waals surface area contributed by atoms with Gasteiger partial charge in [0.15, 0.2) is 0 Å². The van der Waals surface area contributed by atoms with Crippen LogP contribution in [0.2, 0.25) is 0 Å². The molecule has 3 N–H and O–H groups in total. The maximum absolute atomic E-state index is 12.0. The van der Waals surface area contributed by atoms with Crippen LogP contribution in [-0.4, -0.2) is 23.2 Å². The van der Waals surface area contributed by atoms with Crippen LogP contribution in [0.3, 0.4) is 0 Å². The van der Waals surface area contributed by atoms with Crippen molar-refractivity contribution >= 4 is 11.6 Å². The molecular weight excluding hydrogens is 240 g/mol. The molecular formula is C14H18N4O. The van der Waals surface area contributed by atoms with E-state index < -0.39 is 0 Å². The lowest BCUT2D eigenvalue weighted by Gasteiger charge is -2.11. The fraction of sp³-hybridized carbons (Fsp3) is 0.286. The Balaban J connectivity index is 2.08.